The van der Waals surface area contributed by atoms with Gasteiger partial charge in [0.05, 0.1) is 12.2 Å². The summed E-state index contributed by atoms with van der Waals surface area (Å²) in [4.78, 5) is 2.17. The quantitative estimate of drug-likeness (QED) is 0.845. The average molecular weight is 350 g/mol. The van der Waals surface area contributed by atoms with Gasteiger partial charge >= 0.3 is 0 Å². The molecule has 7 nitrogen and oxygen atoms in total. The van der Waals surface area contributed by atoms with Crippen molar-refractivity contribution in [3.63, 3.8) is 0 Å². The molecule has 0 bridgehead atoms. The van der Waals surface area contributed by atoms with E-state index < -0.39 is 10.2 Å². The molecule has 1 aromatic carbocycles. The molecule has 1 aromatic heterocycles. The highest BCUT2D eigenvalue weighted by molar-refractivity contribution is 7.87. The molecule has 1 saturated heterocycles. The summed E-state index contributed by atoms with van der Waals surface area (Å²) in [6, 6.07) is 11.4. The van der Waals surface area contributed by atoms with Gasteiger partial charge in [0.2, 0.25) is 0 Å². The highest BCUT2D eigenvalue weighted by atomic mass is 32.2. The van der Waals surface area contributed by atoms with Gasteiger partial charge in [-0.2, -0.15) is 17.4 Å². The molecule has 1 N–H and O–H groups in total. The van der Waals surface area contributed by atoms with Gasteiger partial charge in [0.25, 0.3) is 10.2 Å². The molecule has 2 heterocycles. The first kappa shape index (κ1) is 17.1. The molecule has 0 amide bonds. The third kappa shape index (κ3) is 4.41. The SMILES string of the molecule is Cc1cc(CN2CCN(S(=O)(=O)NCc3ccccc3)CC2)on1. The Hall–Kier alpha value is -1.74. The van der Waals surface area contributed by atoms with Gasteiger partial charge in [-0.15, -0.1) is 0 Å². The minimum Gasteiger partial charge on any atom is -0.360 e. The fourth-order valence-electron chi connectivity index (χ4n) is 2.70. The van der Waals surface area contributed by atoms with Gasteiger partial charge in [-0.1, -0.05) is 35.5 Å². The molecule has 0 aliphatic carbocycles. The second-order valence-corrected chi connectivity index (χ2v) is 7.68. The monoisotopic (exact) mass is 350 g/mol. The highest BCUT2D eigenvalue weighted by Gasteiger charge is 2.27. The Labute approximate surface area is 142 Å². The summed E-state index contributed by atoms with van der Waals surface area (Å²) in [6.45, 7) is 5.13. The highest BCUT2D eigenvalue weighted by Crippen LogP contribution is 2.12. The Balaban J connectivity index is 1.49. The molecule has 3 rings (SSSR count). The van der Waals surface area contributed by atoms with E-state index in [0.717, 1.165) is 17.0 Å². The van der Waals surface area contributed by atoms with Crippen LogP contribution in [0.3, 0.4) is 0 Å². The van der Waals surface area contributed by atoms with Gasteiger partial charge in [-0.3, -0.25) is 4.90 Å². The summed E-state index contributed by atoms with van der Waals surface area (Å²) >= 11 is 0. The van der Waals surface area contributed by atoms with Crippen LogP contribution in [0.1, 0.15) is 17.0 Å². The summed E-state index contributed by atoms with van der Waals surface area (Å²) in [5.41, 5.74) is 1.80. The van der Waals surface area contributed by atoms with Crippen molar-refractivity contribution < 1.29 is 12.9 Å². The molecule has 130 valence electrons. The maximum atomic E-state index is 12.4. The number of hydrogen-bond donors (Lipinski definition) is 1. The summed E-state index contributed by atoms with van der Waals surface area (Å²) in [7, 11) is -3.45. The zero-order valence-electron chi connectivity index (χ0n) is 13.7. The topological polar surface area (TPSA) is 78.7 Å². The number of nitrogens with one attached hydrogen (secondary N) is 1. The van der Waals surface area contributed by atoms with Crippen LogP contribution >= 0.6 is 0 Å². The first-order valence-corrected chi connectivity index (χ1v) is 9.40. The molecule has 0 radical (unpaired) electrons. The first-order chi connectivity index (χ1) is 11.5. The Bertz CT molecular complexity index is 753. The molecule has 2 aromatic rings. The van der Waals surface area contributed by atoms with Crippen LogP contribution < -0.4 is 4.72 Å². The Kier molecular flexibility index (Phi) is 5.30. The average Bonchev–Trinajstić information content (AvgIpc) is 2.99. The van der Waals surface area contributed by atoms with Gasteiger partial charge in [-0.25, -0.2) is 0 Å². The second-order valence-electron chi connectivity index (χ2n) is 5.92. The maximum Gasteiger partial charge on any atom is 0.279 e. The van der Waals surface area contributed by atoms with Gasteiger partial charge < -0.3 is 4.52 Å². The molecule has 0 atom stereocenters. The molecular formula is C16H22N4O3S. The van der Waals surface area contributed by atoms with E-state index in [1.54, 1.807) is 0 Å². The number of aromatic nitrogens is 1. The predicted molar refractivity (Wildman–Crippen MR) is 90.3 cm³/mol. The van der Waals surface area contributed by atoms with Crippen molar-refractivity contribution >= 4 is 10.2 Å². The van der Waals surface area contributed by atoms with Crippen LogP contribution in [0, 0.1) is 6.92 Å². The lowest BCUT2D eigenvalue weighted by molar-refractivity contribution is 0.165. The summed E-state index contributed by atoms with van der Waals surface area (Å²) in [6.07, 6.45) is 0. The molecular weight excluding hydrogens is 328 g/mol. The second kappa shape index (κ2) is 7.43. The minimum absolute atomic E-state index is 0.306. The van der Waals surface area contributed by atoms with Crippen LogP contribution in [0.4, 0.5) is 0 Å². The van der Waals surface area contributed by atoms with Crippen LogP contribution in [-0.2, 0) is 23.3 Å². The van der Waals surface area contributed by atoms with Gasteiger partial charge in [-0.05, 0) is 12.5 Å². The Morgan fingerprint density at radius 3 is 2.50 bits per heavy atom. The standard InChI is InChI=1S/C16H22N4O3S/c1-14-11-16(23-18-14)13-19-7-9-20(10-8-19)24(21,22)17-12-15-5-3-2-4-6-15/h2-6,11,17H,7-10,12-13H2,1H3. The lowest BCUT2D eigenvalue weighted by atomic mass is 10.2. The van der Waals surface area contributed by atoms with E-state index in [9.17, 15) is 8.42 Å². The number of aryl methyl sites for hydroxylation is 1. The van der Waals surface area contributed by atoms with Crippen LogP contribution in [0.5, 0.6) is 0 Å². The zero-order chi connectivity index (χ0) is 17.0. The largest absolute Gasteiger partial charge is 0.360 e. The van der Waals surface area contributed by atoms with Crippen molar-refractivity contribution in [3.8, 4) is 0 Å². The van der Waals surface area contributed by atoms with Gasteiger partial charge in [0, 0.05) is 38.8 Å². The first-order valence-electron chi connectivity index (χ1n) is 7.96. The maximum absolute atomic E-state index is 12.4. The van der Waals surface area contributed by atoms with E-state index >= 15 is 0 Å². The van der Waals surface area contributed by atoms with Crippen molar-refractivity contribution in [2.75, 3.05) is 26.2 Å². The van der Waals surface area contributed by atoms with Crippen LogP contribution in [0.2, 0.25) is 0 Å². The number of rotatable bonds is 6. The molecule has 1 fully saturated rings. The zero-order valence-corrected chi connectivity index (χ0v) is 14.5. The molecule has 1 aliphatic rings. The Morgan fingerprint density at radius 2 is 1.88 bits per heavy atom. The Morgan fingerprint density at radius 1 is 1.17 bits per heavy atom. The van der Waals surface area contributed by atoms with Crippen molar-refractivity contribution in [2.45, 2.75) is 20.0 Å². The van der Waals surface area contributed by atoms with Crippen LogP contribution in [0.15, 0.2) is 40.9 Å². The number of hydrogen-bond acceptors (Lipinski definition) is 5. The summed E-state index contributed by atoms with van der Waals surface area (Å²) in [5, 5.41) is 3.87. The van der Waals surface area contributed by atoms with Crippen molar-refractivity contribution in [1.29, 1.82) is 0 Å². The van der Waals surface area contributed by atoms with E-state index in [4.69, 9.17) is 4.52 Å². The molecule has 1 aliphatic heterocycles. The predicted octanol–water partition coefficient (Wildman–Crippen LogP) is 1.14. The molecule has 0 saturated carbocycles. The fourth-order valence-corrected chi connectivity index (χ4v) is 3.88. The van der Waals surface area contributed by atoms with Gasteiger partial charge in [0.15, 0.2) is 5.76 Å². The normalized spacial score (nSPS) is 17.2. The number of nitrogens with zero attached hydrogens (tertiary/aromatic N) is 3. The third-order valence-corrected chi connectivity index (χ3v) is 5.58. The molecule has 24 heavy (non-hydrogen) atoms. The fraction of sp³-hybridized carbons (Fsp3) is 0.438. The van der Waals surface area contributed by atoms with Crippen molar-refractivity contribution in [2.24, 2.45) is 0 Å². The molecule has 8 heteroatoms. The van der Waals surface area contributed by atoms with Crippen molar-refractivity contribution in [1.82, 2.24) is 19.1 Å². The summed E-state index contributed by atoms with van der Waals surface area (Å²) < 4.78 is 34.2. The van der Waals surface area contributed by atoms with Crippen molar-refractivity contribution in [3.05, 3.63) is 53.4 Å². The molecule has 0 unspecified atom stereocenters. The van der Waals surface area contributed by atoms with E-state index in [0.29, 0.717) is 39.3 Å². The van der Waals surface area contributed by atoms with E-state index in [1.807, 2.05) is 43.3 Å². The van der Waals surface area contributed by atoms with Crippen LogP contribution in [-0.4, -0.2) is 49.0 Å². The molecule has 0 spiro atoms. The van der Waals surface area contributed by atoms with E-state index in [1.165, 1.54) is 4.31 Å². The van der Waals surface area contributed by atoms with Crippen LogP contribution in [0.25, 0.3) is 0 Å². The van der Waals surface area contributed by atoms with E-state index in [2.05, 4.69) is 14.8 Å². The number of benzene rings is 1. The van der Waals surface area contributed by atoms with Gasteiger partial charge in [0.1, 0.15) is 0 Å². The summed E-state index contributed by atoms with van der Waals surface area (Å²) in [5.74, 6) is 0.811. The lowest BCUT2D eigenvalue weighted by Crippen LogP contribution is -2.51. The lowest BCUT2D eigenvalue weighted by Gasteiger charge is -2.33. The number of piperazine rings is 1. The van der Waals surface area contributed by atoms with E-state index in [-0.39, 0.29) is 0 Å². The smallest absolute Gasteiger partial charge is 0.279 e. The third-order valence-electron chi connectivity index (χ3n) is 4.03. The minimum atomic E-state index is -3.45.